The van der Waals surface area contributed by atoms with Crippen LogP contribution in [-0.4, -0.2) is 20.9 Å². The Bertz CT molecular complexity index is 1300. The fraction of sp³-hybridized carbons (Fsp3) is 0.130. The number of benzene rings is 2. The second kappa shape index (κ2) is 7.59. The van der Waals surface area contributed by atoms with Crippen LogP contribution in [0.3, 0.4) is 0 Å². The molecular weight excluding hydrogens is 412 g/mol. The average Bonchev–Trinajstić information content (AvgIpc) is 3.36. The van der Waals surface area contributed by atoms with Gasteiger partial charge in [0.15, 0.2) is 10.1 Å². The fourth-order valence-corrected chi connectivity index (χ4v) is 5.22. The summed E-state index contributed by atoms with van der Waals surface area (Å²) in [5, 5.41) is 1.13. The van der Waals surface area contributed by atoms with Gasteiger partial charge in [-0.25, -0.2) is 9.97 Å². The summed E-state index contributed by atoms with van der Waals surface area (Å²) in [5.74, 6) is -0.146. The molecule has 0 saturated carbocycles. The summed E-state index contributed by atoms with van der Waals surface area (Å²) in [4.78, 5) is 28.8. The predicted molar refractivity (Wildman–Crippen MR) is 123 cm³/mol. The number of carbonyl (C=O) groups excluding carboxylic acids is 1. The fourth-order valence-electron chi connectivity index (χ4n) is 3.26. The molecule has 0 bridgehead atoms. The Morgan fingerprint density at radius 1 is 0.933 bits per heavy atom. The average molecular weight is 431 g/mol. The van der Waals surface area contributed by atoms with Gasteiger partial charge in [0.05, 0.1) is 27.0 Å². The first-order valence-electron chi connectivity index (χ1n) is 9.52. The third-order valence-corrected chi connectivity index (χ3v) is 7.07. The number of rotatable bonds is 4. The predicted octanol–water partition coefficient (Wildman–Crippen LogP) is 5.76. The van der Waals surface area contributed by atoms with Crippen molar-refractivity contribution in [2.24, 2.45) is 0 Å². The molecule has 5 nitrogen and oxygen atoms in total. The Labute approximate surface area is 181 Å². The summed E-state index contributed by atoms with van der Waals surface area (Å²) >= 11 is 2.94. The monoisotopic (exact) mass is 430 g/mol. The molecular formula is C23H18N4OS2. The number of nitrogens with zero attached hydrogens (tertiary/aromatic N) is 4. The van der Waals surface area contributed by atoms with Crippen molar-refractivity contribution in [2.45, 2.75) is 20.4 Å². The Morgan fingerprint density at radius 2 is 1.77 bits per heavy atom. The standard InChI is InChI=1S/C23H18N4OS2/c1-14-10-18-20(11-15(14)2)30-23(26-18)27(13-16-6-5-9-24-12-16)22(28)21-25-17-7-3-4-8-19(17)29-21/h3-12H,13H2,1-2H3. The lowest BCUT2D eigenvalue weighted by Gasteiger charge is -2.18. The summed E-state index contributed by atoms with van der Waals surface area (Å²) in [7, 11) is 0. The second-order valence-corrected chi connectivity index (χ2v) is 9.18. The molecule has 2 aromatic carbocycles. The minimum Gasteiger partial charge on any atom is -0.277 e. The Hall–Kier alpha value is -3.16. The van der Waals surface area contributed by atoms with Gasteiger partial charge < -0.3 is 0 Å². The lowest BCUT2D eigenvalue weighted by Crippen LogP contribution is -2.30. The lowest BCUT2D eigenvalue weighted by atomic mass is 10.1. The van der Waals surface area contributed by atoms with Crippen LogP contribution in [0.4, 0.5) is 5.13 Å². The van der Waals surface area contributed by atoms with Gasteiger partial charge in [-0.1, -0.05) is 29.5 Å². The van der Waals surface area contributed by atoms with Crippen molar-refractivity contribution < 1.29 is 4.79 Å². The molecule has 148 valence electrons. The molecule has 0 N–H and O–H groups in total. The number of pyridine rings is 1. The number of aromatic nitrogens is 3. The Kier molecular flexibility index (Phi) is 4.77. The van der Waals surface area contributed by atoms with Crippen LogP contribution in [0.1, 0.15) is 26.5 Å². The van der Waals surface area contributed by atoms with Gasteiger partial charge in [-0.3, -0.25) is 14.7 Å². The summed E-state index contributed by atoms with van der Waals surface area (Å²) < 4.78 is 2.07. The van der Waals surface area contributed by atoms with E-state index in [-0.39, 0.29) is 5.91 Å². The number of carbonyl (C=O) groups is 1. The molecule has 3 aromatic heterocycles. The zero-order valence-electron chi connectivity index (χ0n) is 16.5. The maximum atomic E-state index is 13.6. The van der Waals surface area contributed by atoms with Crippen LogP contribution < -0.4 is 4.90 Å². The molecule has 0 fully saturated rings. The third kappa shape index (κ3) is 3.46. The number of hydrogen-bond acceptors (Lipinski definition) is 6. The topological polar surface area (TPSA) is 59.0 Å². The SMILES string of the molecule is Cc1cc2nc(N(Cc3cccnc3)C(=O)c3nc4ccccc4s3)sc2cc1C. The van der Waals surface area contributed by atoms with Crippen molar-refractivity contribution in [3.63, 3.8) is 0 Å². The maximum absolute atomic E-state index is 13.6. The molecule has 0 radical (unpaired) electrons. The highest BCUT2D eigenvalue weighted by atomic mass is 32.1. The van der Waals surface area contributed by atoms with E-state index in [0.29, 0.717) is 16.7 Å². The van der Waals surface area contributed by atoms with Crippen molar-refractivity contribution in [2.75, 3.05) is 4.90 Å². The quantitative estimate of drug-likeness (QED) is 0.363. The van der Waals surface area contributed by atoms with Gasteiger partial charge in [0.2, 0.25) is 0 Å². The number of thiazole rings is 2. The van der Waals surface area contributed by atoms with Crippen LogP contribution in [-0.2, 0) is 6.54 Å². The number of hydrogen-bond donors (Lipinski definition) is 0. The molecule has 30 heavy (non-hydrogen) atoms. The smallest absolute Gasteiger partial charge is 0.277 e. The summed E-state index contributed by atoms with van der Waals surface area (Å²) in [6.45, 7) is 4.56. The number of aryl methyl sites for hydroxylation is 2. The molecule has 0 saturated heterocycles. The van der Waals surface area contributed by atoms with Gasteiger partial charge in [-0.2, -0.15) is 0 Å². The summed E-state index contributed by atoms with van der Waals surface area (Å²) in [5.41, 5.74) is 5.09. The number of fused-ring (bicyclic) bond motifs is 2. The first kappa shape index (κ1) is 18.8. The van der Waals surface area contributed by atoms with E-state index in [1.807, 2.05) is 36.4 Å². The molecule has 1 amide bonds. The molecule has 0 aliphatic carbocycles. The third-order valence-electron chi connectivity index (χ3n) is 5.01. The first-order valence-corrected chi connectivity index (χ1v) is 11.2. The van der Waals surface area contributed by atoms with E-state index in [2.05, 4.69) is 35.9 Å². The number of anilines is 1. The molecule has 0 atom stereocenters. The van der Waals surface area contributed by atoms with Crippen molar-refractivity contribution >= 4 is 54.1 Å². The van der Waals surface area contributed by atoms with Gasteiger partial charge >= 0.3 is 0 Å². The molecule has 5 rings (SSSR count). The van der Waals surface area contributed by atoms with E-state index in [4.69, 9.17) is 4.98 Å². The van der Waals surface area contributed by atoms with Gasteiger partial charge in [0.25, 0.3) is 5.91 Å². The molecule has 3 heterocycles. The van der Waals surface area contributed by atoms with Crippen LogP contribution in [0.2, 0.25) is 0 Å². The zero-order chi connectivity index (χ0) is 20.7. The molecule has 0 aliphatic heterocycles. The minimum absolute atomic E-state index is 0.146. The van der Waals surface area contributed by atoms with Crippen LogP contribution >= 0.6 is 22.7 Å². The molecule has 0 aliphatic rings. The van der Waals surface area contributed by atoms with Gasteiger partial charge in [-0.05, 0) is 60.9 Å². The van der Waals surface area contributed by atoms with E-state index >= 15 is 0 Å². The van der Waals surface area contributed by atoms with Gasteiger partial charge in [0.1, 0.15) is 0 Å². The van der Waals surface area contributed by atoms with Gasteiger partial charge in [0, 0.05) is 12.4 Å². The van der Waals surface area contributed by atoms with Gasteiger partial charge in [-0.15, -0.1) is 11.3 Å². The highest BCUT2D eigenvalue weighted by Gasteiger charge is 2.25. The Morgan fingerprint density at radius 3 is 2.57 bits per heavy atom. The Balaban J connectivity index is 1.60. The van der Waals surface area contributed by atoms with Crippen molar-refractivity contribution in [3.8, 4) is 0 Å². The molecule has 5 aromatic rings. The normalized spacial score (nSPS) is 11.3. The van der Waals surface area contributed by atoms with Crippen molar-refractivity contribution in [1.29, 1.82) is 0 Å². The van der Waals surface area contributed by atoms with E-state index in [1.54, 1.807) is 17.3 Å². The van der Waals surface area contributed by atoms with E-state index in [9.17, 15) is 4.79 Å². The van der Waals surface area contributed by atoms with Crippen LogP contribution in [0.25, 0.3) is 20.4 Å². The van der Waals surface area contributed by atoms with E-state index in [1.165, 1.54) is 33.8 Å². The lowest BCUT2D eigenvalue weighted by molar-refractivity contribution is 0.0985. The zero-order valence-corrected chi connectivity index (χ0v) is 18.1. The highest BCUT2D eigenvalue weighted by molar-refractivity contribution is 7.23. The first-order chi connectivity index (χ1) is 14.6. The molecule has 7 heteroatoms. The van der Waals surface area contributed by atoms with Crippen molar-refractivity contribution in [1.82, 2.24) is 15.0 Å². The van der Waals surface area contributed by atoms with Crippen molar-refractivity contribution in [3.05, 3.63) is 82.6 Å². The molecule has 0 spiro atoms. The highest BCUT2D eigenvalue weighted by Crippen LogP contribution is 2.33. The van der Waals surface area contributed by atoms with E-state index < -0.39 is 0 Å². The van der Waals surface area contributed by atoms with Crippen LogP contribution in [0.5, 0.6) is 0 Å². The molecule has 0 unspecified atom stereocenters. The summed E-state index contributed by atoms with van der Waals surface area (Å²) in [6, 6.07) is 15.9. The number of amides is 1. The maximum Gasteiger partial charge on any atom is 0.289 e. The summed E-state index contributed by atoms with van der Waals surface area (Å²) in [6.07, 6.45) is 3.51. The van der Waals surface area contributed by atoms with Crippen LogP contribution in [0, 0.1) is 13.8 Å². The number of para-hydroxylation sites is 1. The second-order valence-electron chi connectivity index (χ2n) is 7.14. The largest absolute Gasteiger partial charge is 0.289 e. The van der Waals surface area contributed by atoms with Crippen LogP contribution in [0.15, 0.2) is 60.9 Å². The minimum atomic E-state index is -0.146. The van der Waals surface area contributed by atoms with E-state index in [0.717, 1.165) is 26.0 Å².